The molecule has 0 saturated carbocycles. The Morgan fingerprint density at radius 1 is 1.34 bits per heavy atom. The standard InChI is InChI=1S/C22H22N6O7S2.BrH/c1-22(2,20(33)34)35-26-13(12-10-37-21(23)24-12)16(29)25-14-17(30)28-15(19(31)32)11(9-36-18(14)28)8-27-6-4-3-5-7-27;/h3-7,10,14,18H,8-9H2,1-2H3,(H4-,23,24,25,29,31,32,33,34);1H/b26-13+;/t14-,18-;/m1./s1. The molecule has 0 aliphatic carbocycles. The van der Waals surface area contributed by atoms with Gasteiger partial charge >= 0.3 is 5.97 Å². The lowest BCUT2D eigenvalue weighted by Gasteiger charge is -2.50. The number of nitrogens with zero attached hydrogens (tertiary/aromatic N) is 4. The molecule has 2 aliphatic heterocycles. The van der Waals surface area contributed by atoms with Gasteiger partial charge in [-0.3, -0.25) is 14.5 Å². The van der Waals surface area contributed by atoms with Gasteiger partial charge in [-0.15, -0.1) is 40.1 Å². The van der Waals surface area contributed by atoms with Crippen LogP contribution in [0.4, 0.5) is 5.13 Å². The number of hydrogen-bond acceptors (Lipinski definition) is 11. The van der Waals surface area contributed by atoms with Gasteiger partial charge in [0.25, 0.3) is 11.8 Å². The molecule has 4 heterocycles. The monoisotopic (exact) mass is 626 g/mol. The van der Waals surface area contributed by atoms with Crippen molar-refractivity contribution in [3.8, 4) is 0 Å². The number of nitrogen functional groups attached to an aromatic ring is 1. The number of rotatable bonds is 9. The molecule has 2 atom stereocenters. The molecule has 2 aromatic rings. The quantitative estimate of drug-likeness (QED) is 0.138. The Morgan fingerprint density at radius 3 is 2.61 bits per heavy atom. The lowest BCUT2D eigenvalue weighted by Crippen LogP contribution is -2.71. The molecule has 202 valence electrons. The number of nitrogens with one attached hydrogen (secondary N) is 1. The van der Waals surface area contributed by atoms with Gasteiger partial charge in [-0.25, -0.2) is 14.3 Å². The first-order valence-electron chi connectivity index (χ1n) is 10.8. The van der Waals surface area contributed by atoms with Crippen molar-refractivity contribution in [1.29, 1.82) is 0 Å². The lowest BCUT2D eigenvalue weighted by molar-refractivity contribution is -0.689. The second-order valence-corrected chi connectivity index (χ2v) is 10.6. The van der Waals surface area contributed by atoms with Crippen molar-refractivity contribution in [2.24, 2.45) is 5.16 Å². The molecule has 13 nitrogen and oxygen atoms in total. The van der Waals surface area contributed by atoms with Gasteiger partial charge in [0.05, 0.1) is 11.7 Å². The molecule has 0 bridgehead atoms. The molecule has 2 aromatic heterocycles. The highest BCUT2D eigenvalue weighted by molar-refractivity contribution is 8.93. The summed E-state index contributed by atoms with van der Waals surface area (Å²) in [5, 5.41) is 28.4. The maximum atomic E-state index is 13.1. The van der Waals surface area contributed by atoms with Crippen molar-refractivity contribution in [2.75, 3.05) is 11.5 Å². The second kappa shape index (κ2) is 11.5. The Balaban J connectivity index is 0.00000400. The molecule has 4 N–H and O–H groups in total. The number of aliphatic carboxylic acids is 2. The van der Waals surface area contributed by atoms with Gasteiger partial charge < -0.3 is 30.9 Å². The van der Waals surface area contributed by atoms with Crippen molar-refractivity contribution in [3.05, 3.63) is 52.9 Å². The van der Waals surface area contributed by atoms with Crippen LogP contribution < -0.4 is 20.7 Å². The van der Waals surface area contributed by atoms with Crippen molar-refractivity contribution in [2.45, 2.75) is 37.4 Å². The van der Waals surface area contributed by atoms with Gasteiger partial charge in [-0.1, -0.05) is 11.2 Å². The van der Waals surface area contributed by atoms with Gasteiger partial charge in [0.15, 0.2) is 29.8 Å². The molecule has 1 fully saturated rings. The number of thiazole rings is 1. The van der Waals surface area contributed by atoms with Crippen LogP contribution >= 0.6 is 40.1 Å². The molecule has 0 radical (unpaired) electrons. The molecule has 0 aromatic carbocycles. The minimum Gasteiger partial charge on any atom is -0.543 e. The number of pyridine rings is 1. The normalized spacial score (nSPS) is 19.2. The van der Waals surface area contributed by atoms with Crippen LogP contribution in [0.15, 0.2) is 52.4 Å². The topological polar surface area (TPSA) is 191 Å². The number of thioether (sulfide) groups is 1. The molecule has 1 saturated heterocycles. The third-order valence-corrected chi connectivity index (χ3v) is 7.55. The van der Waals surface area contributed by atoms with Crippen molar-refractivity contribution in [3.63, 3.8) is 0 Å². The number of hydrogen-bond donors (Lipinski definition) is 3. The fourth-order valence-corrected chi connectivity index (χ4v) is 5.45. The zero-order chi connectivity index (χ0) is 26.9. The van der Waals surface area contributed by atoms with Crippen LogP contribution in [0.25, 0.3) is 0 Å². The number of oxime groups is 1. The van der Waals surface area contributed by atoms with Crippen LogP contribution in [0.1, 0.15) is 19.5 Å². The average Bonchev–Trinajstić information content (AvgIpc) is 3.28. The summed E-state index contributed by atoms with van der Waals surface area (Å²) in [5.74, 6) is -4.01. The third-order valence-electron chi connectivity index (χ3n) is 5.54. The second-order valence-electron chi connectivity index (χ2n) is 8.57. The van der Waals surface area contributed by atoms with E-state index in [1.165, 1.54) is 31.0 Å². The molecular formula is C22H23BrN6O7S2. The zero-order valence-corrected chi connectivity index (χ0v) is 23.4. The number of β-lactam (4-membered cyclic amide) rings is 1. The number of halogens is 1. The largest absolute Gasteiger partial charge is 0.543 e. The van der Waals surface area contributed by atoms with E-state index in [1.807, 2.05) is 6.07 Å². The third kappa shape index (κ3) is 5.81. The van der Waals surface area contributed by atoms with E-state index in [9.17, 15) is 29.4 Å². The first-order valence-corrected chi connectivity index (χ1v) is 12.8. The van der Waals surface area contributed by atoms with E-state index in [0.29, 0.717) is 11.3 Å². The minimum absolute atomic E-state index is 0. The highest BCUT2D eigenvalue weighted by Crippen LogP contribution is 2.40. The Morgan fingerprint density at radius 2 is 2.03 bits per heavy atom. The number of carbonyl (C=O) groups is 4. The van der Waals surface area contributed by atoms with Crippen molar-refractivity contribution >= 4 is 74.7 Å². The maximum Gasteiger partial charge on any atom is 0.350 e. The number of anilines is 1. The number of fused-ring (bicyclic) bond motifs is 1. The molecule has 2 aliphatic rings. The maximum absolute atomic E-state index is 13.1. The SMILES string of the molecule is Br.CC(C)(O/N=C(/C(=O)N[C@@H]1C(=O)N2C(C(=O)[O-])=C(C[n+]3ccccc3)CS[C@H]12)c1csc(N)n1)C(=O)O. The van der Waals surface area contributed by atoms with Crippen molar-refractivity contribution in [1.82, 2.24) is 15.2 Å². The highest BCUT2D eigenvalue weighted by Gasteiger charge is 2.53. The van der Waals surface area contributed by atoms with Gasteiger partial charge in [0, 0.05) is 28.8 Å². The van der Waals surface area contributed by atoms with E-state index in [-0.39, 0.29) is 45.8 Å². The van der Waals surface area contributed by atoms with E-state index in [4.69, 9.17) is 10.6 Å². The highest BCUT2D eigenvalue weighted by atomic mass is 79.9. The Kier molecular flexibility index (Phi) is 8.79. The molecule has 2 amide bonds. The van der Waals surface area contributed by atoms with Crippen LogP contribution in [0.3, 0.4) is 0 Å². The summed E-state index contributed by atoms with van der Waals surface area (Å²) in [5.41, 5.74) is 3.83. The molecule has 4 rings (SSSR count). The fraction of sp³-hybridized carbons (Fsp3) is 0.318. The summed E-state index contributed by atoms with van der Waals surface area (Å²) >= 11 is 2.32. The smallest absolute Gasteiger partial charge is 0.350 e. The van der Waals surface area contributed by atoms with E-state index in [0.717, 1.165) is 16.2 Å². The number of nitrogens with two attached hydrogens (primary N) is 1. The van der Waals surface area contributed by atoms with Crippen LogP contribution in [-0.4, -0.2) is 67.2 Å². The number of carboxylic acids is 2. The summed E-state index contributed by atoms with van der Waals surface area (Å²) < 4.78 is 1.78. The first-order chi connectivity index (χ1) is 17.5. The predicted octanol–water partition coefficient (Wildman–Crippen LogP) is -0.721. The van der Waals surface area contributed by atoms with Crippen LogP contribution in [0, 0.1) is 0 Å². The predicted molar refractivity (Wildman–Crippen MR) is 140 cm³/mol. The van der Waals surface area contributed by atoms with Crippen LogP contribution in [-0.2, 0) is 30.6 Å². The van der Waals surface area contributed by atoms with Gasteiger partial charge in [-0.2, -0.15) is 0 Å². The van der Waals surface area contributed by atoms with Gasteiger partial charge in [0.2, 0.25) is 5.60 Å². The number of amides is 2. The Hall–Kier alpha value is -3.50. The first kappa shape index (κ1) is 29.1. The molecular weight excluding hydrogens is 604 g/mol. The molecule has 38 heavy (non-hydrogen) atoms. The Labute approximate surface area is 235 Å². The van der Waals surface area contributed by atoms with Crippen molar-refractivity contribution < 1.29 is 38.8 Å². The number of carboxylic acid groups (broad SMARTS) is 2. The summed E-state index contributed by atoms with van der Waals surface area (Å²) in [6.07, 6.45) is 3.55. The van der Waals surface area contributed by atoms with E-state index >= 15 is 0 Å². The average molecular weight is 627 g/mol. The number of aromatic nitrogens is 2. The summed E-state index contributed by atoms with van der Waals surface area (Å²) in [7, 11) is 0. The minimum atomic E-state index is -1.75. The molecule has 16 heteroatoms. The van der Waals surface area contributed by atoms with Crippen LogP contribution in [0.5, 0.6) is 0 Å². The van der Waals surface area contributed by atoms with Gasteiger partial charge in [0.1, 0.15) is 17.1 Å². The molecule has 0 spiro atoms. The summed E-state index contributed by atoms with van der Waals surface area (Å²) in [4.78, 5) is 59.6. The van der Waals surface area contributed by atoms with E-state index in [1.54, 1.807) is 29.1 Å². The van der Waals surface area contributed by atoms with Gasteiger partial charge in [-0.05, 0) is 13.8 Å². The molecule has 0 unspecified atom stereocenters. The summed E-state index contributed by atoms with van der Waals surface area (Å²) in [6, 6.07) is 4.36. The van der Waals surface area contributed by atoms with Crippen LogP contribution in [0.2, 0.25) is 0 Å². The lowest BCUT2D eigenvalue weighted by atomic mass is 10.0. The fourth-order valence-electron chi connectivity index (χ4n) is 3.56. The summed E-state index contributed by atoms with van der Waals surface area (Å²) in [6.45, 7) is 2.74. The number of carbonyl (C=O) groups excluding carboxylic acids is 3. The van der Waals surface area contributed by atoms with E-state index in [2.05, 4.69) is 15.5 Å². The zero-order valence-electron chi connectivity index (χ0n) is 20.0. The Bertz CT molecular complexity index is 1330. The van der Waals surface area contributed by atoms with E-state index < -0.39 is 40.8 Å².